The van der Waals surface area contributed by atoms with Gasteiger partial charge in [0.05, 0.1) is 0 Å². The number of hydrogen-bond acceptors (Lipinski definition) is 1. The molecule has 0 aliphatic rings. The van der Waals surface area contributed by atoms with E-state index in [1.807, 2.05) is 6.92 Å². The minimum Gasteiger partial charge on any atom is -0.365 e. The van der Waals surface area contributed by atoms with E-state index < -0.39 is 0 Å². The summed E-state index contributed by atoms with van der Waals surface area (Å²) in [6.07, 6.45) is 1.01. The van der Waals surface area contributed by atoms with Gasteiger partial charge in [-0.1, -0.05) is 6.92 Å². The molecule has 0 spiro atoms. The van der Waals surface area contributed by atoms with E-state index in [4.69, 9.17) is 0 Å². The van der Waals surface area contributed by atoms with Crippen molar-refractivity contribution in [1.82, 2.24) is 5.32 Å². The Labute approximate surface area is 44.7 Å². The Morgan fingerprint density at radius 3 is 2.57 bits per heavy atom. The monoisotopic (exact) mass is 99.1 g/mol. The van der Waals surface area contributed by atoms with Gasteiger partial charge in [0.2, 0.25) is 7.85 Å². The number of carbonyl (C=O) groups excluding carboxylic acids is 1. The quantitative estimate of drug-likeness (QED) is 0.474. The van der Waals surface area contributed by atoms with Gasteiger partial charge in [-0.2, -0.15) is 0 Å². The van der Waals surface area contributed by atoms with Gasteiger partial charge in [-0.15, -0.1) is 0 Å². The van der Waals surface area contributed by atoms with Crippen molar-refractivity contribution < 1.29 is 4.79 Å². The Hall–Kier alpha value is -0.465. The number of rotatable bonds is 2. The maximum absolute atomic E-state index is 10.1. The molecule has 1 amide bonds. The third-order valence-corrected chi connectivity index (χ3v) is 0.624. The molecule has 0 atom stereocenters. The number of nitrogens with one attached hydrogen (secondary N) is 1. The van der Waals surface area contributed by atoms with Crippen LogP contribution in [-0.2, 0) is 0 Å². The lowest BCUT2D eigenvalue weighted by Gasteiger charge is -1.94. The average molecular weight is 98.9 g/mol. The summed E-state index contributed by atoms with van der Waals surface area (Å²) in [4.78, 5) is 10.1. The molecule has 0 aliphatic carbocycles. The second kappa shape index (κ2) is 3.72. The summed E-state index contributed by atoms with van der Waals surface area (Å²) in [5.41, 5.74) is 0. The topological polar surface area (TPSA) is 29.1 Å². The van der Waals surface area contributed by atoms with Crippen molar-refractivity contribution in [2.45, 2.75) is 13.3 Å². The average Bonchev–Trinajstić information content (AvgIpc) is 1.61. The van der Waals surface area contributed by atoms with Crippen molar-refractivity contribution in [2.75, 3.05) is 6.54 Å². The molecule has 0 fully saturated rings. The third-order valence-electron chi connectivity index (χ3n) is 0.624. The summed E-state index contributed by atoms with van der Waals surface area (Å²) >= 11 is 0. The van der Waals surface area contributed by atoms with Gasteiger partial charge in [-0.25, -0.2) is 0 Å². The molecule has 40 valence electrons. The molecule has 7 heavy (non-hydrogen) atoms. The predicted octanol–water partition coefficient (Wildman–Crippen LogP) is -0.261. The van der Waals surface area contributed by atoms with Gasteiger partial charge in [0.1, 0.15) is 0 Å². The molecule has 0 rings (SSSR count). The normalized spacial score (nSPS) is 8.14. The van der Waals surface area contributed by atoms with Crippen molar-refractivity contribution in [2.24, 2.45) is 0 Å². The van der Waals surface area contributed by atoms with Gasteiger partial charge in [0.15, 0.2) is 5.81 Å². The minimum atomic E-state index is 0.0573. The van der Waals surface area contributed by atoms with E-state index in [1.165, 1.54) is 7.85 Å². The van der Waals surface area contributed by atoms with Crippen molar-refractivity contribution in [3.63, 3.8) is 0 Å². The van der Waals surface area contributed by atoms with E-state index in [2.05, 4.69) is 5.32 Å². The molecule has 0 saturated heterocycles. The van der Waals surface area contributed by atoms with Gasteiger partial charge in [-0.3, -0.25) is 4.79 Å². The zero-order chi connectivity index (χ0) is 5.70. The van der Waals surface area contributed by atoms with Crippen molar-refractivity contribution in [3.8, 4) is 0 Å². The van der Waals surface area contributed by atoms with Crippen molar-refractivity contribution in [1.29, 1.82) is 0 Å². The van der Waals surface area contributed by atoms with Crippen LogP contribution in [0.5, 0.6) is 0 Å². The summed E-state index contributed by atoms with van der Waals surface area (Å²) in [7, 11) is 1.52. The molecule has 0 bridgehead atoms. The van der Waals surface area contributed by atoms with E-state index >= 15 is 0 Å². The molecule has 0 aromatic carbocycles. The Balaban J connectivity index is 2.82. The van der Waals surface area contributed by atoms with Crippen LogP contribution in [0, 0.1) is 0 Å². The molecule has 0 unspecified atom stereocenters. The van der Waals surface area contributed by atoms with Crippen LogP contribution in [0.25, 0.3) is 0 Å². The van der Waals surface area contributed by atoms with Crippen LogP contribution < -0.4 is 5.32 Å². The number of carbonyl (C=O) groups is 1. The van der Waals surface area contributed by atoms with E-state index in [0.717, 1.165) is 13.0 Å². The summed E-state index contributed by atoms with van der Waals surface area (Å²) in [6, 6.07) is 0. The van der Waals surface area contributed by atoms with E-state index in [9.17, 15) is 4.79 Å². The molecule has 3 heteroatoms. The van der Waals surface area contributed by atoms with Gasteiger partial charge in [0, 0.05) is 6.54 Å². The van der Waals surface area contributed by atoms with Crippen LogP contribution >= 0.6 is 0 Å². The lowest BCUT2D eigenvalue weighted by molar-refractivity contribution is 0.259. The molecule has 2 nitrogen and oxygen atoms in total. The van der Waals surface area contributed by atoms with Gasteiger partial charge in [0.25, 0.3) is 0 Å². The maximum Gasteiger partial charge on any atom is 0.215 e. The highest BCUT2D eigenvalue weighted by Crippen LogP contribution is 1.67. The molecule has 0 heterocycles. The second-order valence-electron chi connectivity index (χ2n) is 1.48. The zero-order valence-electron chi connectivity index (χ0n) is 4.82. The summed E-state index contributed by atoms with van der Waals surface area (Å²) in [5, 5.41) is 2.66. The maximum atomic E-state index is 10.1. The van der Waals surface area contributed by atoms with Crippen LogP contribution in [0.3, 0.4) is 0 Å². The Kier molecular flexibility index (Phi) is 3.47. The van der Waals surface area contributed by atoms with E-state index in [-0.39, 0.29) is 5.81 Å². The van der Waals surface area contributed by atoms with Crippen LogP contribution in [0.15, 0.2) is 0 Å². The largest absolute Gasteiger partial charge is 0.365 e. The van der Waals surface area contributed by atoms with E-state index in [1.54, 1.807) is 0 Å². The second-order valence-corrected chi connectivity index (χ2v) is 1.48. The highest BCUT2D eigenvalue weighted by atomic mass is 16.1. The Morgan fingerprint density at radius 2 is 2.43 bits per heavy atom. The fourth-order valence-corrected chi connectivity index (χ4v) is 0.301. The van der Waals surface area contributed by atoms with Gasteiger partial charge in [-0.05, 0) is 6.42 Å². The Bertz CT molecular complexity index is 64.7. The first-order chi connectivity index (χ1) is 3.27. The molecule has 0 radical (unpaired) electrons. The highest BCUT2D eigenvalue weighted by Gasteiger charge is 1.83. The summed E-state index contributed by atoms with van der Waals surface area (Å²) in [5.74, 6) is 0.0573. The van der Waals surface area contributed by atoms with Gasteiger partial charge < -0.3 is 5.32 Å². The standard InChI is InChI=1S/C4H10BNO/c1-2-3-6-4(5)7/h2-3,5H2,1H3,(H,6,7). The first kappa shape index (κ1) is 6.53. The Morgan fingerprint density at radius 1 is 1.86 bits per heavy atom. The molecule has 0 aromatic rings. The zero-order valence-corrected chi connectivity index (χ0v) is 4.82. The van der Waals surface area contributed by atoms with Crippen molar-refractivity contribution in [3.05, 3.63) is 0 Å². The first-order valence-corrected chi connectivity index (χ1v) is 2.51. The SMILES string of the molecule is BC(=O)NCCC. The molecular weight excluding hydrogens is 88.9 g/mol. The lowest BCUT2D eigenvalue weighted by Crippen LogP contribution is -2.21. The smallest absolute Gasteiger partial charge is 0.215 e. The molecular formula is C4H10BNO. The van der Waals surface area contributed by atoms with Crippen LogP contribution in [0.4, 0.5) is 4.79 Å². The summed E-state index contributed by atoms with van der Waals surface area (Å²) in [6.45, 7) is 2.82. The van der Waals surface area contributed by atoms with Crippen LogP contribution in [0.1, 0.15) is 13.3 Å². The first-order valence-electron chi connectivity index (χ1n) is 2.51. The third kappa shape index (κ3) is 5.53. The highest BCUT2D eigenvalue weighted by molar-refractivity contribution is 6.57. The molecule has 0 aliphatic heterocycles. The predicted molar refractivity (Wildman–Crippen MR) is 32.2 cm³/mol. The number of hydrogen-bond donors (Lipinski definition) is 1. The van der Waals surface area contributed by atoms with Crippen molar-refractivity contribution >= 4 is 13.7 Å². The number of amides is 1. The lowest BCUT2D eigenvalue weighted by atomic mass is 10.1. The fourth-order valence-electron chi connectivity index (χ4n) is 0.301. The van der Waals surface area contributed by atoms with Crippen LogP contribution in [0.2, 0.25) is 0 Å². The molecule has 1 N–H and O–H groups in total. The van der Waals surface area contributed by atoms with E-state index in [0.29, 0.717) is 0 Å². The molecule has 0 saturated carbocycles. The molecule has 0 aromatic heterocycles. The minimum absolute atomic E-state index is 0.0573. The van der Waals surface area contributed by atoms with Crippen LogP contribution in [-0.4, -0.2) is 20.2 Å². The fraction of sp³-hybridized carbons (Fsp3) is 0.750. The summed E-state index contributed by atoms with van der Waals surface area (Å²) < 4.78 is 0. The van der Waals surface area contributed by atoms with Gasteiger partial charge >= 0.3 is 0 Å².